The first kappa shape index (κ1) is 14.8. The zero-order valence-corrected chi connectivity index (χ0v) is 12.6. The second kappa shape index (κ2) is 7.87. The molecule has 0 aliphatic heterocycles. The van der Waals surface area contributed by atoms with E-state index >= 15 is 0 Å². The van der Waals surface area contributed by atoms with Crippen LogP contribution in [0, 0.1) is 0 Å². The van der Waals surface area contributed by atoms with Crippen LogP contribution in [0.5, 0.6) is 5.75 Å². The second-order valence-corrected chi connectivity index (χ2v) is 5.31. The highest BCUT2D eigenvalue weighted by Crippen LogP contribution is 2.32. The zero-order valence-electron chi connectivity index (χ0n) is 11.8. The van der Waals surface area contributed by atoms with Crippen molar-refractivity contribution < 1.29 is 4.74 Å². The van der Waals surface area contributed by atoms with Crippen molar-refractivity contribution in [2.24, 2.45) is 0 Å². The third-order valence-electron chi connectivity index (χ3n) is 2.71. The van der Waals surface area contributed by atoms with Gasteiger partial charge >= 0.3 is 0 Å². The summed E-state index contributed by atoms with van der Waals surface area (Å²) in [4.78, 5) is 9.79. The Labute approximate surface area is 124 Å². The van der Waals surface area contributed by atoms with E-state index in [1.165, 1.54) is 11.8 Å². The van der Waals surface area contributed by atoms with Gasteiger partial charge in [-0.15, -0.1) is 0 Å². The molecule has 0 saturated heterocycles. The third kappa shape index (κ3) is 4.21. The van der Waals surface area contributed by atoms with E-state index < -0.39 is 0 Å². The average molecular weight is 289 g/mol. The summed E-state index contributed by atoms with van der Waals surface area (Å²) in [6.45, 7) is 3.97. The predicted octanol–water partition coefficient (Wildman–Crippen LogP) is 3.14. The molecule has 0 atom stereocenters. The fourth-order valence-corrected chi connectivity index (χ4v) is 2.50. The molecule has 0 unspecified atom stereocenters. The van der Waals surface area contributed by atoms with E-state index in [1.807, 2.05) is 36.7 Å². The fraction of sp³-hybridized carbons (Fsp3) is 0.333. The van der Waals surface area contributed by atoms with Gasteiger partial charge in [-0.05, 0) is 36.9 Å². The summed E-state index contributed by atoms with van der Waals surface area (Å²) in [6, 6.07) is 7.87. The van der Waals surface area contributed by atoms with Crippen molar-refractivity contribution in [3.8, 4) is 5.75 Å². The van der Waals surface area contributed by atoms with Crippen LogP contribution in [0.3, 0.4) is 0 Å². The van der Waals surface area contributed by atoms with Crippen LogP contribution in [0.1, 0.15) is 18.9 Å². The van der Waals surface area contributed by atoms with E-state index in [0.29, 0.717) is 0 Å². The fourth-order valence-electron chi connectivity index (χ4n) is 1.70. The molecule has 20 heavy (non-hydrogen) atoms. The number of aromatic nitrogens is 2. The van der Waals surface area contributed by atoms with Gasteiger partial charge < -0.3 is 10.1 Å². The number of ether oxygens (including phenoxy) is 1. The molecule has 0 spiro atoms. The molecule has 0 fully saturated rings. The number of nitrogens with one attached hydrogen (secondary N) is 1. The molecule has 5 heteroatoms. The molecule has 1 aromatic carbocycles. The lowest BCUT2D eigenvalue weighted by Gasteiger charge is -2.07. The van der Waals surface area contributed by atoms with Crippen molar-refractivity contribution in [1.82, 2.24) is 15.3 Å². The first-order valence-corrected chi connectivity index (χ1v) is 7.47. The van der Waals surface area contributed by atoms with Gasteiger partial charge in [0.2, 0.25) is 0 Å². The lowest BCUT2D eigenvalue weighted by Crippen LogP contribution is -2.14. The van der Waals surface area contributed by atoms with E-state index in [9.17, 15) is 0 Å². The molecule has 1 aromatic heterocycles. The van der Waals surface area contributed by atoms with Crippen LogP contribution in [-0.4, -0.2) is 23.6 Å². The predicted molar refractivity (Wildman–Crippen MR) is 81.1 cm³/mol. The molecular weight excluding hydrogens is 270 g/mol. The normalized spacial score (nSPS) is 10.5. The molecule has 0 bridgehead atoms. The lowest BCUT2D eigenvalue weighted by atomic mass is 10.3. The highest BCUT2D eigenvalue weighted by atomic mass is 32.2. The van der Waals surface area contributed by atoms with Gasteiger partial charge in [0.25, 0.3) is 0 Å². The van der Waals surface area contributed by atoms with E-state index in [1.54, 1.807) is 7.11 Å². The molecule has 2 rings (SSSR count). The molecule has 1 heterocycles. The van der Waals surface area contributed by atoms with Crippen molar-refractivity contribution in [2.75, 3.05) is 13.7 Å². The monoisotopic (exact) mass is 289 g/mol. The average Bonchev–Trinajstić information content (AvgIpc) is 2.50. The topological polar surface area (TPSA) is 47.0 Å². The Bertz CT molecular complexity index is 531. The number of benzene rings is 1. The van der Waals surface area contributed by atoms with Gasteiger partial charge in [-0.2, -0.15) is 0 Å². The summed E-state index contributed by atoms with van der Waals surface area (Å²) in [5, 5.41) is 4.06. The van der Waals surface area contributed by atoms with E-state index in [0.717, 1.165) is 40.9 Å². The Balaban J connectivity index is 1.99. The number of rotatable bonds is 7. The van der Waals surface area contributed by atoms with Crippen molar-refractivity contribution in [3.05, 3.63) is 42.2 Å². The summed E-state index contributed by atoms with van der Waals surface area (Å²) in [5.74, 6) is 0.842. The highest BCUT2D eigenvalue weighted by Gasteiger charge is 2.06. The Kier molecular flexibility index (Phi) is 5.83. The van der Waals surface area contributed by atoms with E-state index in [4.69, 9.17) is 4.74 Å². The molecule has 2 aromatic rings. The molecule has 0 amide bonds. The lowest BCUT2D eigenvalue weighted by molar-refractivity contribution is 0.405. The quantitative estimate of drug-likeness (QED) is 0.627. The third-order valence-corrected chi connectivity index (χ3v) is 3.66. The molecule has 0 aliphatic carbocycles. The molecule has 0 saturated carbocycles. The van der Waals surface area contributed by atoms with Gasteiger partial charge in [-0.25, -0.2) is 9.97 Å². The van der Waals surface area contributed by atoms with Crippen LogP contribution >= 0.6 is 11.8 Å². The van der Waals surface area contributed by atoms with Crippen LogP contribution in [0.2, 0.25) is 0 Å². The molecule has 0 radical (unpaired) electrons. The van der Waals surface area contributed by atoms with Crippen molar-refractivity contribution in [3.63, 3.8) is 0 Å². The Hall–Kier alpha value is -1.59. The van der Waals surface area contributed by atoms with Gasteiger partial charge in [-0.1, -0.05) is 19.1 Å². The smallest absolute Gasteiger partial charge is 0.192 e. The van der Waals surface area contributed by atoms with Gasteiger partial charge in [-0.3, -0.25) is 0 Å². The second-order valence-electron chi connectivity index (χ2n) is 4.30. The Morgan fingerprint density at radius 1 is 1.20 bits per heavy atom. The van der Waals surface area contributed by atoms with E-state index in [-0.39, 0.29) is 0 Å². The largest absolute Gasteiger partial charge is 0.496 e. The summed E-state index contributed by atoms with van der Waals surface area (Å²) < 4.78 is 5.32. The van der Waals surface area contributed by atoms with Gasteiger partial charge in [0.1, 0.15) is 5.75 Å². The number of hydrogen-bond donors (Lipinski definition) is 1. The van der Waals surface area contributed by atoms with Crippen molar-refractivity contribution >= 4 is 11.8 Å². The van der Waals surface area contributed by atoms with Crippen molar-refractivity contribution in [2.45, 2.75) is 29.9 Å². The van der Waals surface area contributed by atoms with Crippen LogP contribution in [-0.2, 0) is 6.54 Å². The molecule has 106 valence electrons. The van der Waals surface area contributed by atoms with Crippen LogP contribution in [0.4, 0.5) is 0 Å². The van der Waals surface area contributed by atoms with Crippen molar-refractivity contribution in [1.29, 1.82) is 0 Å². The van der Waals surface area contributed by atoms with Crippen LogP contribution in [0.15, 0.2) is 46.7 Å². The summed E-state index contributed by atoms with van der Waals surface area (Å²) in [6.07, 6.45) is 4.86. The highest BCUT2D eigenvalue weighted by molar-refractivity contribution is 7.99. The molecule has 0 aliphatic rings. The number of hydrogen-bond acceptors (Lipinski definition) is 5. The van der Waals surface area contributed by atoms with Gasteiger partial charge in [0.05, 0.1) is 12.0 Å². The standard InChI is InChI=1S/C15H19N3OS/c1-3-8-16-9-12-10-17-15(18-11-12)20-14-7-5-4-6-13(14)19-2/h4-7,10-11,16H,3,8-9H2,1-2H3. The number of nitrogens with zero attached hydrogens (tertiary/aromatic N) is 2. The first-order chi connectivity index (χ1) is 9.83. The minimum atomic E-state index is 0.730. The summed E-state index contributed by atoms with van der Waals surface area (Å²) in [7, 11) is 1.67. The van der Waals surface area contributed by atoms with Crippen LogP contribution in [0.25, 0.3) is 0 Å². The number of methoxy groups -OCH3 is 1. The number of para-hydroxylation sites is 1. The maximum Gasteiger partial charge on any atom is 0.192 e. The van der Waals surface area contributed by atoms with Crippen LogP contribution < -0.4 is 10.1 Å². The minimum absolute atomic E-state index is 0.730. The summed E-state index contributed by atoms with van der Waals surface area (Å²) >= 11 is 1.51. The zero-order chi connectivity index (χ0) is 14.2. The Morgan fingerprint density at radius 2 is 1.95 bits per heavy atom. The van der Waals surface area contributed by atoms with Gasteiger partial charge in [0, 0.05) is 24.5 Å². The SMILES string of the molecule is CCCNCc1cnc(Sc2ccccc2OC)nc1. The summed E-state index contributed by atoms with van der Waals surface area (Å²) in [5.41, 5.74) is 1.10. The maximum absolute atomic E-state index is 5.32. The molecular formula is C15H19N3OS. The van der Waals surface area contributed by atoms with E-state index in [2.05, 4.69) is 22.2 Å². The molecule has 1 N–H and O–H groups in total. The first-order valence-electron chi connectivity index (χ1n) is 6.66. The molecule has 4 nitrogen and oxygen atoms in total. The minimum Gasteiger partial charge on any atom is -0.496 e. The maximum atomic E-state index is 5.32. The Morgan fingerprint density at radius 3 is 2.65 bits per heavy atom. The van der Waals surface area contributed by atoms with Gasteiger partial charge in [0.15, 0.2) is 5.16 Å².